The summed E-state index contributed by atoms with van der Waals surface area (Å²) in [7, 11) is 0. The lowest BCUT2D eigenvalue weighted by molar-refractivity contribution is 0.746. The predicted octanol–water partition coefficient (Wildman–Crippen LogP) is 4.21. The molecule has 0 saturated heterocycles. The lowest BCUT2D eigenvalue weighted by atomic mass is 10.1. The molecule has 0 atom stereocenters. The molecule has 0 amide bonds. The Balaban J connectivity index is 2.28. The monoisotopic (exact) mass is 175 g/mol. The molecule has 1 rings (SSSR count). The van der Waals surface area contributed by atoms with E-state index in [0.29, 0.717) is 0 Å². The smallest absolute Gasteiger partial charge is 0.0169 e. The summed E-state index contributed by atoms with van der Waals surface area (Å²) in [6.07, 6.45) is 23.0. The van der Waals surface area contributed by atoms with E-state index in [2.05, 4.69) is 42.9 Å². The molecule has 0 spiro atoms. The van der Waals surface area contributed by atoms with Gasteiger partial charge < -0.3 is 0 Å². The van der Waals surface area contributed by atoms with E-state index in [1.54, 1.807) is 0 Å². The first-order chi connectivity index (χ1) is 6.50. The fourth-order valence-corrected chi connectivity index (χ4v) is 1.36. The van der Waals surface area contributed by atoms with Crippen LogP contribution in [0.3, 0.4) is 0 Å². The quantitative estimate of drug-likeness (QED) is 0.484. The van der Waals surface area contributed by atoms with Crippen LogP contribution >= 0.6 is 0 Å². The van der Waals surface area contributed by atoms with Gasteiger partial charge in [0.25, 0.3) is 0 Å². The highest BCUT2D eigenvalue weighted by molar-refractivity contribution is 5.01. The van der Waals surface area contributed by atoms with Crippen molar-refractivity contribution < 1.29 is 0 Å². The van der Waals surface area contributed by atoms with Crippen molar-refractivity contribution in [1.82, 2.24) is 0 Å². The first-order valence-corrected chi connectivity index (χ1v) is 5.28. The van der Waals surface area contributed by atoms with Crippen molar-refractivity contribution in [1.29, 1.82) is 0 Å². The predicted molar refractivity (Wildman–Crippen MR) is 59.4 cm³/mol. The van der Waals surface area contributed by atoms with Crippen LogP contribution < -0.4 is 0 Å². The normalized spacial score (nSPS) is 27.7. The summed E-state index contributed by atoms with van der Waals surface area (Å²) >= 11 is 0. The molecule has 0 heterocycles. The number of rotatable bonds is 0. The molecule has 0 N–H and O–H groups in total. The minimum Gasteiger partial charge on any atom is -0.0882 e. The zero-order valence-electron chi connectivity index (χ0n) is 8.28. The maximum absolute atomic E-state index is 2.30. The molecule has 1 radical (unpaired) electrons. The lowest BCUT2D eigenvalue weighted by Gasteiger charge is -1.93. The molecule has 1 aliphatic carbocycles. The zero-order chi connectivity index (χ0) is 9.19. The maximum Gasteiger partial charge on any atom is -0.0169 e. The Bertz CT molecular complexity index is 164. The van der Waals surface area contributed by atoms with Crippen LogP contribution in [-0.2, 0) is 0 Å². The van der Waals surface area contributed by atoms with Gasteiger partial charge in [-0.05, 0) is 38.5 Å². The van der Waals surface area contributed by atoms with Crippen LogP contribution in [0.5, 0.6) is 0 Å². The standard InChI is InChI=1S/C13H19/c1-2-4-6-8-10-12-13-11-9-7-5-3-1/h1-3,6,8,12-13H,4-5,7,9-11H2/b2-1+,8-6+,13-12+. The highest BCUT2D eigenvalue weighted by atomic mass is 13.9. The van der Waals surface area contributed by atoms with Crippen LogP contribution in [-0.4, -0.2) is 0 Å². The van der Waals surface area contributed by atoms with Crippen molar-refractivity contribution >= 4 is 0 Å². The van der Waals surface area contributed by atoms with Crippen LogP contribution in [0.15, 0.2) is 36.5 Å². The number of hydrogen-bond acceptors (Lipinski definition) is 0. The zero-order valence-corrected chi connectivity index (χ0v) is 8.28. The van der Waals surface area contributed by atoms with Crippen molar-refractivity contribution in [2.24, 2.45) is 0 Å². The van der Waals surface area contributed by atoms with Crippen LogP contribution in [0.2, 0.25) is 0 Å². The summed E-state index contributed by atoms with van der Waals surface area (Å²) < 4.78 is 0. The number of hydrogen-bond donors (Lipinski definition) is 0. The minimum absolute atomic E-state index is 1.07. The molecule has 0 aromatic heterocycles. The summed E-state index contributed by atoms with van der Waals surface area (Å²) in [6, 6.07) is 0. The molecule has 0 aromatic rings. The molecular weight excluding hydrogens is 156 g/mol. The maximum atomic E-state index is 2.30. The van der Waals surface area contributed by atoms with Crippen molar-refractivity contribution in [2.45, 2.75) is 38.5 Å². The number of allylic oxidation sites excluding steroid dienone is 6. The van der Waals surface area contributed by atoms with E-state index in [4.69, 9.17) is 0 Å². The van der Waals surface area contributed by atoms with Crippen LogP contribution in [0.4, 0.5) is 0 Å². The molecule has 0 bridgehead atoms. The summed E-state index contributed by atoms with van der Waals surface area (Å²) in [5.74, 6) is 0. The van der Waals surface area contributed by atoms with Crippen molar-refractivity contribution in [3.8, 4) is 0 Å². The average molecular weight is 175 g/mol. The molecule has 0 fully saturated rings. The summed E-state index contributed by atoms with van der Waals surface area (Å²) in [5, 5.41) is 0. The molecule has 0 unspecified atom stereocenters. The van der Waals surface area contributed by atoms with E-state index < -0.39 is 0 Å². The van der Waals surface area contributed by atoms with E-state index in [0.717, 1.165) is 12.8 Å². The summed E-state index contributed by atoms with van der Waals surface area (Å²) in [4.78, 5) is 0. The van der Waals surface area contributed by atoms with Gasteiger partial charge in [0, 0.05) is 0 Å². The SMILES string of the molecule is [CH]1/C=C/C/C=C/C/C=C/CCCC1. The Kier molecular flexibility index (Phi) is 6.22. The molecule has 1 aliphatic rings. The van der Waals surface area contributed by atoms with Gasteiger partial charge in [-0.2, -0.15) is 0 Å². The van der Waals surface area contributed by atoms with Gasteiger partial charge in [0.2, 0.25) is 0 Å². The molecular formula is C13H19. The van der Waals surface area contributed by atoms with E-state index in [9.17, 15) is 0 Å². The fraction of sp³-hybridized carbons (Fsp3) is 0.462. The Labute approximate surface area is 82.0 Å². The van der Waals surface area contributed by atoms with Gasteiger partial charge in [-0.1, -0.05) is 42.9 Å². The highest BCUT2D eigenvalue weighted by Crippen LogP contribution is 2.05. The molecule has 71 valence electrons. The van der Waals surface area contributed by atoms with E-state index in [1.165, 1.54) is 25.7 Å². The first kappa shape index (κ1) is 10.3. The van der Waals surface area contributed by atoms with Gasteiger partial charge in [-0.3, -0.25) is 0 Å². The van der Waals surface area contributed by atoms with Crippen molar-refractivity contribution in [3.63, 3.8) is 0 Å². The lowest BCUT2D eigenvalue weighted by Crippen LogP contribution is -1.75. The van der Waals surface area contributed by atoms with E-state index in [-0.39, 0.29) is 0 Å². The highest BCUT2D eigenvalue weighted by Gasteiger charge is 1.86. The third kappa shape index (κ3) is 6.39. The van der Waals surface area contributed by atoms with Crippen LogP contribution in [0.25, 0.3) is 0 Å². The van der Waals surface area contributed by atoms with Gasteiger partial charge in [-0.25, -0.2) is 0 Å². The van der Waals surface area contributed by atoms with Crippen LogP contribution in [0, 0.1) is 6.42 Å². The third-order valence-corrected chi connectivity index (χ3v) is 2.14. The Morgan fingerprint density at radius 2 is 1.31 bits per heavy atom. The topological polar surface area (TPSA) is 0 Å². The van der Waals surface area contributed by atoms with Crippen LogP contribution in [0.1, 0.15) is 38.5 Å². The molecule has 0 aliphatic heterocycles. The van der Waals surface area contributed by atoms with Gasteiger partial charge in [-0.15, -0.1) is 0 Å². The second-order valence-corrected chi connectivity index (χ2v) is 3.36. The van der Waals surface area contributed by atoms with Gasteiger partial charge in [0.1, 0.15) is 0 Å². The second kappa shape index (κ2) is 7.85. The van der Waals surface area contributed by atoms with Gasteiger partial charge in [0.15, 0.2) is 0 Å². The molecule has 0 heteroatoms. The average Bonchev–Trinajstić information content (AvgIpc) is 2.18. The van der Waals surface area contributed by atoms with E-state index in [1.807, 2.05) is 0 Å². The van der Waals surface area contributed by atoms with Gasteiger partial charge in [0.05, 0.1) is 0 Å². The Morgan fingerprint density at radius 1 is 0.615 bits per heavy atom. The summed E-state index contributed by atoms with van der Waals surface area (Å²) in [6.45, 7) is 0. The molecule has 0 saturated carbocycles. The summed E-state index contributed by atoms with van der Waals surface area (Å²) in [5.41, 5.74) is 0. The second-order valence-electron chi connectivity index (χ2n) is 3.36. The molecule has 13 heavy (non-hydrogen) atoms. The molecule has 0 aromatic carbocycles. The fourth-order valence-electron chi connectivity index (χ4n) is 1.36. The largest absolute Gasteiger partial charge is 0.0882 e. The Morgan fingerprint density at radius 3 is 2.23 bits per heavy atom. The minimum atomic E-state index is 1.07. The van der Waals surface area contributed by atoms with E-state index >= 15 is 0 Å². The van der Waals surface area contributed by atoms with Crippen molar-refractivity contribution in [3.05, 3.63) is 42.9 Å². The Hall–Kier alpha value is -0.780. The van der Waals surface area contributed by atoms with Crippen molar-refractivity contribution in [2.75, 3.05) is 0 Å². The molecule has 0 nitrogen and oxygen atoms in total. The third-order valence-electron chi connectivity index (χ3n) is 2.14. The van der Waals surface area contributed by atoms with Gasteiger partial charge >= 0.3 is 0 Å². The first-order valence-electron chi connectivity index (χ1n) is 5.28.